The van der Waals surface area contributed by atoms with Crippen molar-refractivity contribution in [1.82, 2.24) is 0 Å². The molecule has 0 radical (unpaired) electrons. The number of methoxy groups -OCH3 is 1. The van der Waals surface area contributed by atoms with Crippen LogP contribution in [-0.2, 0) is 14.3 Å². The standard InChI is InChI=1S/C16H19F3O3/c1-22-15(21)7-4-12-8-10(11-2-5-13(20)9-11)3-6-14(12)16(17,18)19/h6,8,10-11H,2-5,7,9H2,1H3/t10?,11-/m1/s1. The van der Waals surface area contributed by atoms with Gasteiger partial charge in [-0.15, -0.1) is 0 Å². The van der Waals surface area contributed by atoms with Crippen LogP contribution in [0.4, 0.5) is 13.2 Å². The first kappa shape index (κ1) is 16.8. The minimum absolute atomic E-state index is 0.00911. The van der Waals surface area contributed by atoms with Gasteiger partial charge >= 0.3 is 12.1 Å². The summed E-state index contributed by atoms with van der Waals surface area (Å²) >= 11 is 0. The monoisotopic (exact) mass is 316 g/mol. The first-order chi connectivity index (χ1) is 10.3. The molecule has 0 aliphatic heterocycles. The van der Waals surface area contributed by atoms with E-state index < -0.39 is 17.7 Å². The van der Waals surface area contributed by atoms with Crippen LogP contribution in [0.25, 0.3) is 0 Å². The number of rotatable bonds is 4. The molecule has 3 nitrogen and oxygen atoms in total. The molecule has 22 heavy (non-hydrogen) atoms. The molecule has 2 rings (SSSR count). The van der Waals surface area contributed by atoms with Gasteiger partial charge in [-0.05, 0) is 36.7 Å². The molecular formula is C16H19F3O3. The Bertz CT molecular complexity index is 517. The minimum atomic E-state index is -4.42. The minimum Gasteiger partial charge on any atom is -0.469 e. The molecule has 2 aliphatic rings. The molecule has 6 heteroatoms. The van der Waals surface area contributed by atoms with Crippen LogP contribution in [0.3, 0.4) is 0 Å². The van der Waals surface area contributed by atoms with E-state index in [-0.39, 0.29) is 36.0 Å². The Morgan fingerprint density at radius 2 is 2.14 bits per heavy atom. The maximum Gasteiger partial charge on any atom is 0.416 e. The molecule has 0 amide bonds. The lowest BCUT2D eigenvalue weighted by Crippen LogP contribution is -2.21. The predicted molar refractivity (Wildman–Crippen MR) is 73.9 cm³/mol. The van der Waals surface area contributed by atoms with Crippen LogP contribution in [0, 0.1) is 11.8 Å². The first-order valence-electron chi connectivity index (χ1n) is 7.38. The van der Waals surface area contributed by atoms with Gasteiger partial charge in [-0.3, -0.25) is 9.59 Å². The van der Waals surface area contributed by atoms with Crippen molar-refractivity contribution in [2.45, 2.75) is 44.7 Å². The summed E-state index contributed by atoms with van der Waals surface area (Å²) in [4.78, 5) is 22.6. The number of halogens is 3. The van der Waals surface area contributed by atoms with Crippen LogP contribution in [0.15, 0.2) is 23.3 Å². The van der Waals surface area contributed by atoms with Crippen LogP contribution < -0.4 is 0 Å². The van der Waals surface area contributed by atoms with E-state index in [0.717, 1.165) is 6.42 Å². The predicted octanol–water partition coefficient (Wildman–Crippen LogP) is 3.74. The van der Waals surface area contributed by atoms with E-state index in [1.165, 1.54) is 13.2 Å². The quantitative estimate of drug-likeness (QED) is 0.742. The fourth-order valence-electron chi connectivity index (χ4n) is 3.19. The second-order valence-electron chi connectivity index (χ2n) is 5.82. The zero-order chi connectivity index (χ0) is 16.3. The number of ether oxygens (including phenoxy) is 1. The van der Waals surface area contributed by atoms with Gasteiger partial charge in [-0.2, -0.15) is 13.2 Å². The number of ketones is 1. The smallest absolute Gasteiger partial charge is 0.416 e. The van der Waals surface area contributed by atoms with E-state index in [1.54, 1.807) is 6.08 Å². The highest BCUT2D eigenvalue weighted by Gasteiger charge is 2.39. The van der Waals surface area contributed by atoms with E-state index in [9.17, 15) is 22.8 Å². The van der Waals surface area contributed by atoms with Crippen LogP contribution in [0.2, 0.25) is 0 Å². The van der Waals surface area contributed by atoms with Crippen LogP contribution in [0.1, 0.15) is 38.5 Å². The van der Waals surface area contributed by atoms with E-state index >= 15 is 0 Å². The SMILES string of the molecule is COC(=O)CCC1=CC([C@@H]2CCC(=O)C2)CC=C1C(F)(F)F. The van der Waals surface area contributed by atoms with Crippen molar-refractivity contribution in [2.24, 2.45) is 11.8 Å². The Labute approximate surface area is 127 Å². The topological polar surface area (TPSA) is 43.4 Å². The Morgan fingerprint density at radius 3 is 2.68 bits per heavy atom. The number of carbonyl (C=O) groups excluding carboxylic acids is 2. The number of carbonyl (C=O) groups is 2. The highest BCUT2D eigenvalue weighted by molar-refractivity contribution is 5.80. The zero-order valence-electron chi connectivity index (χ0n) is 12.4. The molecule has 1 unspecified atom stereocenters. The molecule has 0 bridgehead atoms. The van der Waals surface area contributed by atoms with Gasteiger partial charge in [0, 0.05) is 19.3 Å². The highest BCUT2D eigenvalue weighted by Crippen LogP contribution is 2.42. The maximum absolute atomic E-state index is 13.1. The van der Waals surface area contributed by atoms with Gasteiger partial charge in [0.05, 0.1) is 12.7 Å². The van der Waals surface area contributed by atoms with Gasteiger partial charge < -0.3 is 4.74 Å². The molecule has 122 valence electrons. The third-order valence-corrected chi connectivity index (χ3v) is 4.38. The van der Waals surface area contributed by atoms with Crippen molar-refractivity contribution in [3.05, 3.63) is 23.3 Å². The molecule has 0 aromatic rings. The molecule has 1 fully saturated rings. The number of Topliss-reactive ketones (excluding diaryl/α,β-unsaturated/α-hetero) is 1. The summed E-state index contributed by atoms with van der Waals surface area (Å²) in [5.74, 6) is -0.280. The molecule has 0 spiro atoms. The van der Waals surface area contributed by atoms with Crippen molar-refractivity contribution in [1.29, 1.82) is 0 Å². The lowest BCUT2D eigenvalue weighted by molar-refractivity contribution is -0.140. The summed E-state index contributed by atoms with van der Waals surface area (Å²) < 4.78 is 43.7. The lowest BCUT2D eigenvalue weighted by Gasteiger charge is -2.26. The van der Waals surface area contributed by atoms with E-state index in [0.29, 0.717) is 19.3 Å². The van der Waals surface area contributed by atoms with Gasteiger partial charge in [-0.25, -0.2) is 0 Å². The van der Waals surface area contributed by atoms with Gasteiger partial charge in [0.1, 0.15) is 5.78 Å². The second kappa shape index (κ2) is 6.67. The van der Waals surface area contributed by atoms with Crippen molar-refractivity contribution in [2.75, 3.05) is 7.11 Å². The van der Waals surface area contributed by atoms with Crippen LogP contribution >= 0.6 is 0 Å². The lowest BCUT2D eigenvalue weighted by atomic mass is 9.80. The Kier molecular flexibility index (Phi) is 5.08. The molecule has 1 saturated carbocycles. The summed E-state index contributed by atoms with van der Waals surface area (Å²) in [6.07, 6.45) is 0.339. The Hall–Kier alpha value is -1.59. The number of esters is 1. The third-order valence-electron chi connectivity index (χ3n) is 4.38. The summed E-state index contributed by atoms with van der Waals surface area (Å²) in [5.41, 5.74) is -0.509. The molecule has 0 saturated heterocycles. The number of alkyl halides is 3. The van der Waals surface area contributed by atoms with Crippen LogP contribution in [-0.4, -0.2) is 25.0 Å². The van der Waals surface area contributed by atoms with Gasteiger partial charge in [-0.1, -0.05) is 12.2 Å². The highest BCUT2D eigenvalue weighted by atomic mass is 19.4. The average molecular weight is 316 g/mol. The fraction of sp³-hybridized carbons (Fsp3) is 0.625. The maximum atomic E-state index is 13.1. The molecule has 2 atom stereocenters. The summed E-state index contributed by atoms with van der Waals surface area (Å²) in [7, 11) is 1.21. The summed E-state index contributed by atoms with van der Waals surface area (Å²) in [6.45, 7) is 0. The van der Waals surface area contributed by atoms with Crippen molar-refractivity contribution in [3.8, 4) is 0 Å². The number of hydrogen-bond acceptors (Lipinski definition) is 3. The average Bonchev–Trinajstić information content (AvgIpc) is 2.90. The van der Waals surface area contributed by atoms with Gasteiger partial charge in [0.2, 0.25) is 0 Å². The normalized spacial score (nSPS) is 25.7. The Morgan fingerprint density at radius 1 is 1.41 bits per heavy atom. The fourth-order valence-corrected chi connectivity index (χ4v) is 3.19. The molecule has 0 heterocycles. The summed E-state index contributed by atoms with van der Waals surface area (Å²) in [5, 5.41) is 0. The van der Waals surface area contributed by atoms with Crippen molar-refractivity contribution >= 4 is 11.8 Å². The number of hydrogen-bond donors (Lipinski definition) is 0. The van der Waals surface area contributed by atoms with Crippen molar-refractivity contribution in [3.63, 3.8) is 0 Å². The van der Waals surface area contributed by atoms with Gasteiger partial charge in [0.25, 0.3) is 0 Å². The molecule has 0 N–H and O–H groups in total. The first-order valence-corrected chi connectivity index (χ1v) is 7.38. The Balaban J connectivity index is 2.14. The van der Waals surface area contributed by atoms with E-state index in [1.807, 2.05) is 0 Å². The third kappa shape index (κ3) is 3.99. The van der Waals surface area contributed by atoms with E-state index in [4.69, 9.17) is 0 Å². The van der Waals surface area contributed by atoms with E-state index in [2.05, 4.69) is 4.74 Å². The molecular weight excluding hydrogens is 297 g/mol. The zero-order valence-corrected chi connectivity index (χ0v) is 12.4. The largest absolute Gasteiger partial charge is 0.469 e. The number of allylic oxidation sites excluding steroid dienone is 4. The molecule has 2 aliphatic carbocycles. The molecule has 0 aromatic carbocycles. The summed E-state index contributed by atoms with van der Waals surface area (Å²) in [6, 6.07) is 0. The molecule has 0 aromatic heterocycles. The van der Waals surface area contributed by atoms with Gasteiger partial charge in [0.15, 0.2) is 0 Å². The van der Waals surface area contributed by atoms with Crippen LogP contribution in [0.5, 0.6) is 0 Å². The second-order valence-corrected chi connectivity index (χ2v) is 5.82. The van der Waals surface area contributed by atoms with Crippen molar-refractivity contribution < 1.29 is 27.5 Å².